The van der Waals surface area contributed by atoms with Gasteiger partial charge in [0.2, 0.25) is 0 Å². The standard InChI is InChI=1S/C17H18BrClFNOS2/c1-9-13-12(23-16(9)19)8-21(24(22)17(2,3)4)15(13)10-6-5-7-11(20)14(10)18/h5-7,15H,8H2,1-4H3/t15-,24?/m0/s1. The van der Waals surface area contributed by atoms with Gasteiger partial charge in [-0.15, -0.1) is 15.6 Å². The van der Waals surface area contributed by atoms with E-state index in [2.05, 4.69) is 15.9 Å². The highest BCUT2D eigenvalue weighted by Crippen LogP contribution is 2.50. The molecule has 0 bridgehead atoms. The van der Waals surface area contributed by atoms with Crippen molar-refractivity contribution in [1.29, 1.82) is 0 Å². The first-order valence-corrected chi connectivity index (χ1v) is 10.6. The number of benzene rings is 1. The molecule has 3 rings (SSSR count). The molecule has 0 amide bonds. The van der Waals surface area contributed by atoms with Gasteiger partial charge < -0.3 is 4.55 Å². The topological polar surface area (TPSA) is 26.3 Å². The minimum absolute atomic E-state index is 0.270. The maximum absolute atomic E-state index is 14.1. The average molecular weight is 451 g/mol. The summed E-state index contributed by atoms with van der Waals surface area (Å²) in [5.41, 5.74) is 2.84. The number of nitrogens with zero attached hydrogens (tertiary/aromatic N) is 1. The van der Waals surface area contributed by atoms with E-state index in [0.29, 0.717) is 11.0 Å². The van der Waals surface area contributed by atoms with Gasteiger partial charge in [-0.2, -0.15) is 0 Å². The van der Waals surface area contributed by atoms with E-state index in [0.717, 1.165) is 25.9 Å². The van der Waals surface area contributed by atoms with Gasteiger partial charge in [0.1, 0.15) is 16.6 Å². The van der Waals surface area contributed by atoms with E-state index in [1.165, 1.54) is 17.4 Å². The van der Waals surface area contributed by atoms with E-state index in [1.807, 2.05) is 38.1 Å². The van der Waals surface area contributed by atoms with Gasteiger partial charge in [-0.25, -0.2) is 4.39 Å². The van der Waals surface area contributed by atoms with Crippen molar-refractivity contribution in [3.8, 4) is 0 Å². The summed E-state index contributed by atoms with van der Waals surface area (Å²) in [7, 11) is 0. The minimum Gasteiger partial charge on any atom is -0.597 e. The van der Waals surface area contributed by atoms with Crippen LogP contribution in [0.2, 0.25) is 4.34 Å². The van der Waals surface area contributed by atoms with Gasteiger partial charge in [0.15, 0.2) is 0 Å². The lowest BCUT2D eigenvalue weighted by molar-refractivity contribution is 0.370. The van der Waals surface area contributed by atoms with Crippen LogP contribution >= 0.6 is 38.9 Å². The summed E-state index contributed by atoms with van der Waals surface area (Å²) >= 11 is 10.00. The Balaban J connectivity index is 2.18. The molecule has 1 aromatic carbocycles. The number of fused-ring (bicyclic) bond motifs is 1. The number of hydrogen-bond donors (Lipinski definition) is 0. The Morgan fingerprint density at radius 2 is 2.08 bits per heavy atom. The molecule has 0 aliphatic carbocycles. The lowest BCUT2D eigenvalue weighted by atomic mass is 9.99. The second-order valence-electron chi connectivity index (χ2n) is 6.82. The Morgan fingerprint density at radius 1 is 1.42 bits per heavy atom. The molecule has 2 aromatic rings. The summed E-state index contributed by atoms with van der Waals surface area (Å²) in [6.45, 7) is 8.39. The van der Waals surface area contributed by atoms with Gasteiger partial charge in [-0.3, -0.25) is 0 Å². The van der Waals surface area contributed by atoms with E-state index in [-0.39, 0.29) is 11.9 Å². The van der Waals surface area contributed by atoms with E-state index in [1.54, 1.807) is 6.07 Å². The highest BCUT2D eigenvalue weighted by atomic mass is 79.9. The van der Waals surface area contributed by atoms with Crippen molar-refractivity contribution in [3.05, 3.63) is 54.4 Å². The smallest absolute Gasteiger partial charge is 0.137 e. The van der Waals surface area contributed by atoms with Crippen LogP contribution in [0.25, 0.3) is 0 Å². The molecule has 130 valence electrons. The fourth-order valence-electron chi connectivity index (χ4n) is 2.95. The lowest BCUT2D eigenvalue weighted by Crippen LogP contribution is -2.42. The molecule has 1 aliphatic rings. The van der Waals surface area contributed by atoms with Crippen LogP contribution < -0.4 is 0 Å². The lowest BCUT2D eigenvalue weighted by Gasteiger charge is -2.34. The molecule has 2 nitrogen and oxygen atoms in total. The highest BCUT2D eigenvalue weighted by Gasteiger charge is 2.46. The third-order valence-corrected chi connectivity index (χ3v) is 8.33. The molecule has 7 heteroatoms. The number of hydrogen-bond acceptors (Lipinski definition) is 3. The monoisotopic (exact) mass is 449 g/mol. The predicted octanol–water partition coefficient (Wildman–Crippen LogP) is 5.98. The first-order valence-electron chi connectivity index (χ1n) is 7.53. The Hall–Kier alpha value is -0.110. The highest BCUT2D eigenvalue weighted by molar-refractivity contribution is 9.10. The van der Waals surface area contributed by atoms with Crippen LogP contribution in [0.3, 0.4) is 0 Å². The largest absolute Gasteiger partial charge is 0.597 e. The van der Waals surface area contributed by atoms with Crippen LogP contribution in [0.1, 0.15) is 48.4 Å². The van der Waals surface area contributed by atoms with Gasteiger partial charge in [0.05, 0.1) is 15.4 Å². The molecular weight excluding hydrogens is 433 g/mol. The van der Waals surface area contributed by atoms with Crippen LogP contribution in [-0.2, 0) is 17.9 Å². The van der Waals surface area contributed by atoms with Crippen LogP contribution in [0.5, 0.6) is 0 Å². The average Bonchev–Trinajstić information content (AvgIpc) is 2.98. The van der Waals surface area contributed by atoms with Crippen molar-refractivity contribution in [3.63, 3.8) is 0 Å². The van der Waals surface area contributed by atoms with Crippen LogP contribution in [0.15, 0.2) is 22.7 Å². The number of halogens is 3. The number of rotatable bonds is 2. The molecule has 2 atom stereocenters. The molecule has 0 radical (unpaired) electrons. The summed E-state index contributed by atoms with van der Waals surface area (Å²) in [4.78, 5) is 1.11. The van der Waals surface area contributed by atoms with Crippen molar-refractivity contribution in [2.45, 2.75) is 45.0 Å². The molecule has 0 saturated heterocycles. The summed E-state index contributed by atoms with van der Waals surface area (Å²) in [5.74, 6) is -0.318. The van der Waals surface area contributed by atoms with Crippen molar-refractivity contribution in [2.75, 3.05) is 0 Å². The van der Waals surface area contributed by atoms with Crippen LogP contribution in [0.4, 0.5) is 4.39 Å². The fourth-order valence-corrected chi connectivity index (χ4v) is 6.32. The van der Waals surface area contributed by atoms with Gasteiger partial charge in [0, 0.05) is 16.2 Å². The molecular formula is C17H18BrClFNOS2. The Bertz CT molecular complexity index is 790. The number of thiophene rings is 1. The quantitative estimate of drug-likeness (QED) is 0.526. The van der Waals surface area contributed by atoms with Crippen molar-refractivity contribution >= 4 is 50.2 Å². The molecule has 0 spiro atoms. The molecule has 24 heavy (non-hydrogen) atoms. The first-order chi connectivity index (χ1) is 11.1. The Labute approximate surface area is 162 Å². The maximum atomic E-state index is 14.1. The van der Waals surface area contributed by atoms with Crippen LogP contribution in [0, 0.1) is 12.7 Å². The van der Waals surface area contributed by atoms with Gasteiger partial charge >= 0.3 is 0 Å². The van der Waals surface area contributed by atoms with Crippen molar-refractivity contribution < 1.29 is 8.94 Å². The van der Waals surface area contributed by atoms with Crippen molar-refractivity contribution in [1.82, 2.24) is 4.31 Å². The second-order valence-corrected chi connectivity index (χ2v) is 11.5. The maximum Gasteiger partial charge on any atom is 0.137 e. The SMILES string of the molecule is Cc1c(Cl)sc2c1[C@H](c1cccc(F)c1Br)N([S+]([O-])C(C)(C)C)C2. The molecule has 0 saturated carbocycles. The van der Waals surface area contributed by atoms with Gasteiger partial charge in [0.25, 0.3) is 0 Å². The first kappa shape index (κ1) is 18.7. The zero-order valence-corrected chi connectivity index (χ0v) is 17.8. The molecule has 1 aliphatic heterocycles. The molecule has 1 aromatic heterocycles. The zero-order chi connectivity index (χ0) is 17.8. The van der Waals surface area contributed by atoms with E-state index < -0.39 is 16.1 Å². The molecule has 1 unspecified atom stereocenters. The molecule has 0 N–H and O–H groups in total. The van der Waals surface area contributed by atoms with Gasteiger partial charge in [-0.05, 0) is 66.4 Å². The summed E-state index contributed by atoms with van der Waals surface area (Å²) in [6.07, 6.45) is 0. The second kappa shape index (κ2) is 6.56. The normalized spacial score (nSPS) is 19.6. The molecule has 2 heterocycles. The minimum atomic E-state index is -1.22. The Kier molecular flexibility index (Phi) is 5.10. The molecule has 0 fully saturated rings. The fraction of sp³-hybridized carbons (Fsp3) is 0.412. The van der Waals surface area contributed by atoms with Crippen molar-refractivity contribution in [2.24, 2.45) is 0 Å². The Morgan fingerprint density at radius 3 is 2.71 bits per heavy atom. The third kappa shape index (κ3) is 3.06. The predicted molar refractivity (Wildman–Crippen MR) is 103 cm³/mol. The van der Waals surface area contributed by atoms with Gasteiger partial charge in [-0.1, -0.05) is 23.7 Å². The summed E-state index contributed by atoms with van der Waals surface area (Å²) in [6, 6.07) is 4.72. The summed E-state index contributed by atoms with van der Waals surface area (Å²) in [5, 5.41) is 0. The van der Waals surface area contributed by atoms with E-state index >= 15 is 0 Å². The van der Waals surface area contributed by atoms with E-state index in [9.17, 15) is 8.94 Å². The zero-order valence-electron chi connectivity index (χ0n) is 13.8. The van der Waals surface area contributed by atoms with Crippen LogP contribution in [-0.4, -0.2) is 13.6 Å². The van der Waals surface area contributed by atoms with E-state index in [4.69, 9.17) is 11.6 Å². The third-order valence-electron chi connectivity index (χ3n) is 4.09. The summed E-state index contributed by atoms with van der Waals surface area (Å²) < 4.78 is 29.9.